The Labute approximate surface area is 209 Å². The molecule has 1 amide bonds. The van der Waals surface area contributed by atoms with Crippen molar-refractivity contribution in [2.24, 2.45) is 5.41 Å². The second kappa shape index (κ2) is 14.3. The Kier molecular flexibility index (Phi) is 11.9. The first-order valence-corrected chi connectivity index (χ1v) is 12.7. The van der Waals surface area contributed by atoms with Gasteiger partial charge in [-0.05, 0) is 62.1 Å². The molecule has 1 aliphatic rings. The fourth-order valence-electron chi connectivity index (χ4n) is 4.21. The molecule has 1 aromatic heterocycles. The van der Waals surface area contributed by atoms with Crippen LogP contribution in [-0.2, 0) is 27.2 Å². The van der Waals surface area contributed by atoms with Crippen LogP contribution >= 0.6 is 0 Å². The minimum atomic E-state index is -1.06. The molecule has 0 bridgehead atoms. The Balaban J connectivity index is 1.88. The second-order valence-corrected chi connectivity index (χ2v) is 10.6. The zero-order valence-electron chi connectivity index (χ0n) is 21.7. The number of carboxylic acids is 1. The first kappa shape index (κ1) is 29.0. The van der Waals surface area contributed by atoms with E-state index in [0.717, 1.165) is 50.2 Å². The first-order chi connectivity index (χ1) is 16.6. The average molecular weight is 495 g/mol. The summed E-state index contributed by atoms with van der Waals surface area (Å²) in [6.45, 7) is 7.63. The van der Waals surface area contributed by atoms with Gasteiger partial charge in [0.25, 0.3) is 0 Å². The molecule has 0 spiro atoms. The molecule has 0 unspecified atom stereocenters. The quantitative estimate of drug-likeness (QED) is 0.321. The minimum Gasteiger partial charge on any atom is -0.480 e. The maximum Gasteiger partial charge on any atom is 0.326 e. The third-order valence-electron chi connectivity index (χ3n) is 6.13. The molecular weight excluding hydrogens is 451 g/mol. The van der Waals surface area contributed by atoms with Crippen molar-refractivity contribution in [2.45, 2.75) is 77.9 Å². The molecule has 9 heteroatoms. The number of aliphatic carboxylic acids is 1. The van der Waals surface area contributed by atoms with Crippen LogP contribution in [-0.4, -0.2) is 79.0 Å². The van der Waals surface area contributed by atoms with E-state index in [1.165, 1.54) is 12.7 Å². The molecule has 8 nitrogen and oxygen atoms in total. The largest absolute Gasteiger partial charge is 0.480 e. The standard InChI is InChI=1S/C26H43FN4O4/c1-26(2,3)16-23(32)30-22(25(33)34)12-15-31(18-21(17-27)35-4)14-6-5-9-20-11-10-19-8-7-13-28-24(19)29-20/h10-11,21-22H,5-9,12-18H2,1-4H3,(H,28,29)(H,30,32)(H,33,34)/t21-,22+/m1/s1. The number of aromatic nitrogens is 1. The van der Waals surface area contributed by atoms with Crippen LogP contribution in [0.5, 0.6) is 0 Å². The summed E-state index contributed by atoms with van der Waals surface area (Å²) < 4.78 is 18.5. The molecule has 0 aliphatic carbocycles. The van der Waals surface area contributed by atoms with E-state index in [-0.39, 0.29) is 24.2 Å². The lowest BCUT2D eigenvalue weighted by molar-refractivity contribution is -0.142. The number of aryl methyl sites for hydroxylation is 2. The number of carbonyl (C=O) groups is 2. The zero-order valence-corrected chi connectivity index (χ0v) is 21.7. The molecule has 1 aliphatic heterocycles. The van der Waals surface area contributed by atoms with E-state index >= 15 is 0 Å². The van der Waals surface area contributed by atoms with Crippen LogP contribution < -0.4 is 10.6 Å². The monoisotopic (exact) mass is 494 g/mol. The maximum atomic E-state index is 13.3. The van der Waals surface area contributed by atoms with Crippen molar-refractivity contribution in [1.82, 2.24) is 15.2 Å². The van der Waals surface area contributed by atoms with Gasteiger partial charge in [-0.2, -0.15) is 0 Å². The predicted octanol–water partition coefficient (Wildman–Crippen LogP) is 3.44. The number of anilines is 1. The van der Waals surface area contributed by atoms with Crippen molar-refractivity contribution >= 4 is 17.7 Å². The van der Waals surface area contributed by atoms with Gasteiger partial charge >= 0.3 is 5.97 Å². The van der Waals surface area contributed by atoms with Gasteiger partial charge in [0.05, 0.1) is 6.10 Å². The average Bonchev–Trinajstić information content (AvgIpc) is 2.80. The molecule has 0 saturated heterocycles. The smallest absolute Gasteiger partial charge is 0.326 e. The van der Waals surface area contributed by atoms with E-state index in [9.17, 15) is 19.1 Å². The summed E-state index contributed by atoms with van der Waals surface area (Å²) in [6.07, 6.45) is 4.75. The summed E-state index contributed by atoms with van der Waals surface area (Å²) in [5.41, 5.74) is 2.09. The highest BCUT2D eigenvalue weighted by Crippen LogP contribution is 2.20. The lowest BCUT2D eigenvalue weighted by Gasteiger charge is -2.27. The number of pyridine rings is 1. The molecule has 198 valence electrons. The van der Waals surface area contributed by atoms with E-state index in [1.54, 1.807) is 0 Å². The number of nitrogens with zero attached hydrogens (tertiary/aromatic N) is 2. The van der Waals surface area contributed by atoms with Crippen LogP contribution in [0.2, 0.25) is 0 Å². The summed E-state index contributed by atoms with van der Waals surface area (Å²) in [5.74, 6) is -0.343. The highest BCUT2D eigenvalue weighted by Gasteiger charge is 2.24. The molecule has 35 heavy (non-hydrogen) atoms. The normalized spacial score (nSPS) is 15.3. The summed E-state index contributed by atoms with van der Waals surface area (Å²) in [6, 6.07) is 3.26. The van der Waals surface area contributed by atoms with Crippen molar-refractivity contribution in [2.75, 3.05) is 45.3 Å². The van der Waals surface area contributed by atoms with Gasteiger partial charge in [0, 0.05) is 38.9 Å². The van der Waals surface area contributed by atoms with Crippen molar-refractivity contribution in [3.63, 3.8) is 0 Å². The van der Waals surface area contributed by atoms with Crippen molar-refractivity contribution < 1.29 is 23.8 Å². The third kappa shape index (κ3) is 10.9. The number of ether oxygens (including phenoxy) is 1. The molecule has 0 saturated carbocycles. The van der Waals surface area contributed by atoms with Gasteiger partial charge < -0.3 is 25.4 Å². The zero-order chi connectivity index (χ0) is 25.8. The van der Waals surface area contributed by atoms with Crippen LogP contribution in [0, 0.1) is 5.41 Å². The predicted molar refractivity (Wildman–Crippen MR) is 135 cm³/mol. The number of alkyl halides is 1. The summed E-state index contributed by atoms with van der Waals surface area (Å²) in [4.78, 5) is 30.8. The van der Waals surface area contributed by atoms with E-state index in [2.05, 4.69) is 22.8 Å². The molecule has 0 radical (unpaired) electrons. The molecule has 0 fully saturated rings. The van der Waals surface area contributed by atoms with E-state index in [0.29, 0.717) is 19.6 Å². The SMILES string of the molecule is CO[C@H](CF)CN(CCCCc1ccc2c(n1)NCCC2)CC[C@H](NC(=O)CC(C)(C)C)C(=O)O. The lowest BCUT2D eigenvalue weighted by atomic mass is 9.92. The maximum absolute atomic E-state index is 13.3. The number of halogens is 1. The van der Waals surface area contributed by atoms with Gasteiger partial charge in [0.2, 0.25) is 5.91 Å². The van der Waals surface area contributed by atoms with Gasteiger partial charge in [0.15, 0.2) is 0 Å². The number of carbonyl (C=O) groups excluding carboxylic acids is 1. The van der Waals surface area contributed by atoms with E-state index in [4.69, 9.17) is 9.72 Å². The van der Waals surface area contributed by atoms with Gasteiger partial charge in [0.1, 0.15) is 18.5 Å². The fraction of sp³-hybridized carbons (Fsp3) is 0.731. The number of fused-ring (bicyclic) bond motifs is 1. The van der Waals surface area contributed by atoms with Crippen LogP contribution in [0.15, 0.2) is 12.1 Å². The summed E-state index contributed by atoms with van der Waals surface area (Å²) in [7, 11) is 1.48. The molecule has 2 rings (SSSR count). The van der Waals surface area contributed by atoms with Crippen molar-refractivity contribution in [3.8, 4) is 0 Å². The number of rotatable bonds is 15. The van der Waals surface area contributed by atoms with Crippen molar-refractivity contribution in [3.05, 3.63) is 23.4 Å². The highest BCUT2D eigenvalue weighted by atomic mass is 19.1. The number of amides is 1. The number of unbranched alkanes of at least 4 members (excludes halogenated alkanes) is 1. The third-order valence-corrected chi connectivity index (χ3v) is 6.13. The minimum absolute atomic E-state index is 0.227. The number of nitrogens with one attached hydrogen (secondary N) is 2. The van der Waals surface area contributed by atoms with Crippen LogP contribution in [0.25, 0.3) is 0 Å². The van der Waals surface area contributed by atoms with Crippen LogP contribution in [0.1, 0.15) is 64.1 Å². The van der Waals surface area contributed by atoms with Gasteiger partial charge in [-0.15, -0.1) is 0 Å². The number of methoxy groups -OCH3 is 1. The second-order valence-electron chi connectivity index (χ2n) is 10.6. The van der Waals surface area contributed by atoms with Gasteiger partial charge in [-0.1, -0.05) is 26.8 Å². The first-order valence-electron chi connectivity index (χ1n) is 12.7. The van der Waals surface area contributed by atoms with Gasteiger partial charge in [-0.3, -0.25) is 4.79 Å². The molecule has 1 aromatic rings. The molecule has 3 N–H and O–H groups in total. The number of hydrogen-bond donors (Lipinski definition) is 3. The number of hydrogen-bond acceptors (Lipinski definition) is 6. The topological polar surface area (TPSA) is 104 Å². The lowest BCUT2D eigenvalue weighted by Crippen LogP contribution is -2.45. The molecule has 0 aromatic carbocycles. The van der Waals surface area contributed by atoms with E-state index < -0.39 is 24.8 Å². The Morgan fingerprint density at radius 3 is 2.71 bits per heavy atom. The Bertz CT molecular complexity index is 811. The Morgan fingerprint density at radius 2 is 2.06 bits per heavy atom. The summed E-state index contributed by atoms with van der Waals surface area (Å²) >= 11 is 0. The molecular formula is C26H43FN4O4. The Morgan fingerprint density at radius 1 is 1.29 bits per heavy atom. The van der Waals surface area contributed by atoms with E-state index in [1.807, 2.05) is 25.7 Å². The Hall–Kier alpha value is -2.26. The molecule has 2 heterocycles. The highest BCUT2D eigenvalue weighted by molar-refractivity contribution is 5.83. The fourth-order valence-corrected chi connectivity index (χ4v) is 4.21. The van der Waals surface area contributed by atoms with Gasteiger partial charge in [-0.25, -0.2) is 14.2 Å². The molecule has 2 atom stereocenters. The van der Waals surface area contributed by atoms with Crippen molar-refractivity contribution in [1.29, 1.82) is 0 Å². The number of carboxylic acid groups (broad SMARTS) is 1. The van der Waals surface area contributed by atoms with Crippen LogP contribution in [0.4, 0.5) is 10.2 Å². The summed E-state index contributed by atoms with van der Waals surface area (Å²) in [5, 5.41) is 15.6. The van der Waals surface area contributed by atoms with Crippen LogP contribution in [0.3, 0.4) is 0 Å².